The van der Waals surface area contributed by atoms with E-state index >= 15 is 0 Å². The van der Waals surface area contributed by atoms with Gasteiger partial charge in [-0.05, 0) is 19.8 Å². The molecule has 4 nitrogen and oxygen atoms in total. The normalized spacial score (nSPS) is 24.8. The molecule has 3 unspecified atom stereocenters. The summed E-state index contributed by atoms with van der Waals surface area (Å²) in [5.74, 6) is 0.254. The maximum absolute atomic E-state index is 12.5. The number of thiocarbonyl (C=S) groups is 1. The van der Waals surface area contributed by atoms with Crippen LogP contribution in [0.25, 0.3) is 0 Å². The minimum Gasteiger partial charge on any atom is -0.393 e. The average Bonchev–Trinajstić information content (AvgIpc) is 2.82. The van der Waals surface area contributed by atoms with Gasteiger partial charge in [-0.3, -0.25) is 4.79 Å². The second-order valence-electron chi connectivity index (χ2n) is 4.89. The highest BCUT2D eigenvalue weighted by Crippen LogP contribution is 2.25. The van der Waals surface area contributed by atoms with E-state index in [4.69, 9.17) is 22.7 Å². The topological polar surface area (TPSA) is 55.6 Å². The van der Waals surface area contributed by atoms with Crippen LogP contribution >= 0.6 is 12.2 Å². The Hall–Kier alpha value is -0.680. The number of hydrogen-bond donors (Lipinski definition) is 1. The Labute approximate surface area is 115 Å². The smallest absolute Gasteiger partial charge is 0.228 e. The summed E-state index contributed by atoms with van der Waals surface area (Å²) in [6, 6.07) is 0. The summed E-state index contributed by atoms with van der Waals surface area (Å²) in [5, 5.41) is 0. The molecule has 1 aliphatic rings. The zero-order valence-corrected chi connectivity index (χ0v) is 12.3. The fourth-order valence-electron chi connectivity index (χ4n) is 2.36. The SMILES string of the molecule is CCC1OCCC1C(=O)N(CC)CC(C)C(N)=S. The van der Waals surface area contributed by atoms with Gasteiger partial charge < -0.3 is 15.4 Å². The second-order valence-corrected chi connectivity index (χ2v) is 5.36. The van der Waals surface area contributed by atoms with Crippen LogP contribution < -0.4 is 5.73 Å². The van der Waals surface area contributed by atoms with Crippen molar-refractivity contribution < 1.29 is 9.53 Å². The number of amides is 1. The highest BCUT2D eigenvalue weighted by Gasteiger charge is 2.35. The van der Waals surface area contributed by atoms with Gasteiger partial charge in [0.05, 0.1) is 17.0 Å². The summed E-state index contributed by atoms with van der Waals surface area (Å²) in [4.78, 5) is 14.8. The molecule has 0 bridgehead atoms. The van der Waals surface area contributed by atoms with Gasteiger partial charge in [0.25, 0.3) is 0 Å². The molecule has 0 spiro atoms. The van der Waals surface area contributed by atoms with Crippen LogP contribution in [0.4, 0.5) is 0 Å². The zero-order valence-electron chi connectivity index (χ0n) is 11.5. The molecule has 0 aromatic carbocycles. The molecular formula is C13H24N2O2S. The third-order valence-corrected chi connectivity index (χ3v) is 4.00. The van der Waals surface area contributed by atoms with Gasteiger partial charge in [0.1, 0.15) is 0 Å². The summed E-state index contributed by atoms with van der Waals surface area (Å²) in [7, 11) is 0. The number of rotatable bonds is 6. The maximum atomic E-state index is 12.5. The molecule has 1 rings (SSSR count). The molecule has 1 saturated heterocycles. The predicted octanol–water partition coefficient (Wildman–Crippen LogP) is 1.57. The van der Waals surface area contributed by atoms with Crippen molar-refractivity contribution in [3.05, 3.63) is 0 Å². The molecule has 0 aromatic heterocycles. The van der Waals surface area contributed by atoms with Crippen molar-refractivity contribution in [1.82, 2.24) is 4.90 Å². The lowest BCUT2D eigenvalue weighted by Crippen LogP contribution is -2.43. The molecule has 1 amide bonds. The van der Waals surface area contributed by atoms with Crippen LogP contribution in [0, 0.1) is 11.8 Å². The van der Waals surface area contributed by atoms with Gasteiger partial charge in [-0.25, -0.2) is 0 Å². The van der Waals surface area contributed by atoms with E-state index in [0.717, 1.165) is 12.8 Å². The average molecular weight is 272 g/mol. The van der Waals surface area contributed by atoms with E-state index in [9.17, 15) is 4.79 Å². The monoisotopic (exact) mass is 272 g/mol. The number of nitrogens with zero attached hydrogens (tertiary/aromatic N) is 1. The molecule has 18 heavy (non-hydrogen) atoms. The van der Waals surface area contributed by atoms with Crippen LogP contribution in [0.5, 0.6) is 0 Å². The van der Waals surface area contributed by atoms with E-state index in [1.165, 1.54) is 0 Å². The molecular weight excluding hydrogens is 248 g/mol. The second kappa shape index (κ2) is 7.04. The van der Waals surface area contributed by atoms with Gasteiger partial charge in [-0.2, -0.15) is 0 Å². The Kier molecular flexibility index (Phi) is 6.02. The molecule has 5 heteroatoms. The summed E-state index contributed by atoms with van der Waals surface area (Å²) in [6.07, 6.45) is 1.79. The van der Waals surface area contributed by atoms with Crippen LogP contribution in [0.3, 0.4) is 0 Å². The van der Waals surface area contributed by atoms with E-state index in [-0.39, 0.29) is 23.8 Å². The third-order valence-electron chi connectivity index (χ3n) is 3.60. The van der Waals surface area contributed by atoms with Crippen LogP contribution in [0.2, 0.25) is 0 Å². The Morgan fingerprint density at radius 3 is 2.72 bits per heavy atom. The zero-order chi connectivity index (χ0) is 13.7. The molecule has 2 N–H and O–H groups in total. The lowest BCUT2D eigenvalue weighted by molar-refractivity contribution is -0.137. The van der Waals surface area contributed by atoms with Gasteiger partial charge in [0, 0.05) is 25.6 Å². The van der Waals surface area contributed by atoms with Gasteiger partial charge in [-0.1, -0.05) is 26.1 Å². The number of nitrogens with two attached hydrogens (primary N) is 1. The first kappa shape index (κ1) is 15.4. The Bertz CT molecular complexity index is 309. The molecule has 0 aliphatic carbocycles. The molecule has 3 atom stereocenters. The number of ether oxygens (including phenoxy) is 1. The number of carbonyl (C=O) groups excluding carboxylic acids is 1. The van der Waals surface area contributed by atoms with Crippen molar-refractivity contribution in [3.8, 4) is 0 Å². The van der Waals surface area contributed by atoms with Crippen LogP contribution in [-0.4, -0.2) is 41.6 Å². The van der Waals surface area contributed by atoms with Crippen LogP contribution in [0.1, 0.15) is 33.6 Å². The predicted molar refractivity (Wildman–Crippen MR) is 76.3 cm³/mol. The molecule has 0 aromatic rings. The lowest BCUT2D eigenvalue weighted by Gasteiger charge is -2.28. The highest BCUT2D eigenvalue weighted by atomic mass is 32.1. The molecule has 1 fully saturated rings. The van der Waals surface area contributed by atoms with Gasteiger partial charge in [-0.15, -0.1) is 0 Å². The van der Waals surface area contributed by atoms with E-state index in [1.807, 2.05) is 18.7 Å². The maximum Gasteiger partial charge on any atom is 0.228 e. The first-order valence-corrected chi connectivity index (χ1v) is 7.11. The Morgan fingerprint density at radius 1 is 1.56 bits per heavy atom. The van der Waals surface area contributed by atoms with E-state index in [1.54, 1.807) is 0 Å². The van der Waals surface area contributed by atoms with Crippen molar-refractivity contribution >= 4 is 23.1 Å². The van der Waals surface area contributed by atoms with Gasteiger partial charge >= 0.3 is 0 Å². The Balaban J connectivity index is 2.64. The molecule has 0 saturated carbocycles. The minimum absolute atomic E-state index is 0.00787. The van der Waals surface area contributed by atoms with Crippen molar-refractivity contribution in [3.63, 3.8) is 0 Å². The molecule has 104 valence electrons. The van der Waals surface area contributed by atoms with E-state index < -0.39 is 0 Å². The van der Waals surface area contributed by atoms with E-state index in [2.05, 4.69) is 6.92 Å². The van der Waals surface area contributed by atoms with Crippen molar-refractivity contribution in [2.45, 2.75) is 39.7 Å². The third kappa shape index (κ3) is 3.65. The summed E-state index contributed by atoms with van der Waals surface area (Å²) >= 11 is 4.97. The first-order valence-electron chi connectivity index (χ1n) is 6.70. The molecule has 0 radical (unpaired) electrons. The van der Waals surface area contributed by atoms with Crippen molar-refractivity contribution in [2.75, 3.05) is 19.7 Å². The highest BCUT2D eigenvalue weighted by molar-refractivity contribution is 7.80. The fourth-order valence-corrected chi connectivity index (χ4v) is 2.44. The van der Waals surface area contributed by atoms with Gasteiger partial charge in [0.2, 0.25) is 5.91 Å². The van der Waals surface area contributed by atoms with E-state index in [0.29, 0.717) is 24.7 Å². The Morgan fingerprint density at radius 2 is 2.22 bits per heavy atom. The molecule has 1 aliphatic heterocycles. The number of carbonyl (C=O) groups is 1. The standard InChI is InChI=1S/C13H24N2O2S/c1-4-11-10(6-7-17-11)13(16)15(5-2)8-9(3)12(14)18/h9-11H,4-8H2,1-3H3,(H2,14,18). The van der Waals surface area contributed by atoms with Crippen molar-refractivity contribution in [1.29, 1.82) is 0 Å². The first-order chi connectivity index (χ1) is 8.51. The van der Waals surface area contributed by atoms with Crippen molar-refractivity contribution in [2.24, 2.45) is 17.6 Å². The molecule has 1 heterocycles. The minimum atomic E-state index is 0.00787. The lowest BCUT2D eigenvalue weighted by atomic mass is 9.97. The van der Waals surface area contributed by atoms with Crippen LogP contribution in [-0.2, 0) is 9.53 Å². The summed E-state index contributed by atoms with van der Waals surface area (Å²) in [5.41, 5.74) is 5.61. The van der Waals surface area contributed by atoms with Crippen LogP contribution in [0.15, 0.2) is 0 Å². The number of hydrogen-bond acceptors (Lipinski definition) is 3. The quantitative estimate of drug-likeness (QED) is 0.746. The fraction of sp³-hybridized carbons (Fsp3) is 0.846. The van der Waals surface area contributed by atoms with Gasteiger partial charge in [0.15, 0.2) is 0 Å². The largest absolute Gasteiger partial charge is 0.393 e. The summed E-state index contributed by atoms with van der Waals surface area (Å²) in [6.45, 7) is 8.00. The summed E-state index contributed by atoms with van der Waals surface area (Å²) < 4.78 is 5.58.